The van der Waals surface area contributed by atoms with Crippen molar-refractivity contribution in [2.45, 2.75) is 44.9 Å². The predicted molar refractivity (Wildman–Crippen MR) is 135 cm³/mol. The summed E-state index contributed by atoms with van der Waals surface area (Å²) in [6.45, 7) is 2.49. The number of alkyl halides is 3. The lowest BCUT2D eigenvalue weighted by Gasteiger charge is -2.20. The van der Waals surface area contributed by atoms with Crippen LogP contribution < -0.4 is 14.2 Å². The summed E-state index contributed by atoms with van der Waals surface area (Å²) in [5.74, 6) is -2.25. The number of benzene rings is 3. The Labute approximate surface area is 219 Å². The average Bonchev–Trinajstić information content (AvgIpc) is 2.90. The average molecular weight is 535 g/mol. The van der Waals surface area contributed by atoms with E-state index in [2.05, 4.69) is 4.74 Å². The first-order valence-corrected chi connectivity index (χ1v) is 12.1. The summed E-state index contributed by atoms with van der Waals surface area (Å²) in [6, 6.07) is 15.1. The van der Waals surface area contributed by atoms with Crippen molar-refractivity contribution in [3.05, 3.63) is 77.6 Å². The normalized spacial score (nSPS) is 12.1. The molecule has 0 aliphatic heterocycles. The molecule has 0 heterocycles. The zero-order valence-corrected chi connectivity index (χ0v) is 21.4. The number of methoxy groups -OCH3 is 2. The molecule has 204 valence electrons. The van der Waals surface area contributed by atoms with E-state index in [-0.39, 0.29) is 17.9 Å². The van der Waals surface area contributed by atoms with Crippen LogP contribution in [0.3, 0.4) is 0 Å². The van der Waals surface area contributed by atoms with E-state index >= 15 is 0 Å². The molecule has 0 spiro atoms. The second-order valence-electron chi connectivity index (χ2n) is 8.61. The van der Waals surface area contributed by atoms with Gasteiger partial charge in [0.15, 0.2) is 0 Å². The van der Waals surface area contributed by atoms with Gasteiger partial charge in [0, 0.05) is 11.1 Å². The van der Waals surface area contributed by atoms with Crippen molar-refractivity contribution >= 4 is 5.97 Å². The van der Waals surface area contributed by atoms with Crippen LogP contribution in [0.1, 0.15) is 43.2 Å². The number of unbranched alkanes of at least 4 members (excludes halogenated alkanes) is 1. The zero-order chi connectivity index (χ0) is 27.7. The van der Waals surface area contributed by atoms with Gasteiger partial charge in [-0.25, -0.2) is 4.39 Å². The first-order valence-electron chi connectivity index (χ1n) is 12.1. The van der Waals surface area contributed by atoms with E-state index in [1.807, 2.05) is 6.92 Å². The highest BCUT2D eigenvalue weighted by molar-refractivity contribution is 5.73. The van der Waals surface area contributed by atoms with Crippen LogP contribution in [0.4, 0.5) is 17.6 Å². The topological polar surface area (TPSA) is 54.0 Å². The lowest BCUT2D eigenvalue weighted by atomic mass is 9.95. The van der Waals surface area contributed by atoms with Crippen LogP contribution in [-0.2, 0) is 16.1 Å². The van der Waals surface area contributed by atoms with Crippen molar-refractivity contribution in [1.82, 2.24) is 0 Å². The van der Waals surface area contributed by atoms with Gasteiger partial charge in [0.2, 0.25) is 0 Å². The van der Waals surface area contributed by atoms with Crippen LogP contribution in [0.2, 0.25) is 0 Å². The highest BCUT2D eigenvalue weighted by Crippen LogP contribution is 2.39. The quantitative estimate of drug-likeness (QED) is 0.137. The molecule has 0 saturated carbocycles. The summed E-state index contributed by atoms with van der Waals surface area (Å²) in [4.78, 5) is 11.6. The Kier molecular flexibility index (Phi) is 9.98. The molecule has 0 aliphatic rings. The van der Waals surface area contributed by atoms with Crippen LogP contribution >= 0.6 is 0 Å². The Morgan fingerprint density at radius 1 is 0.921 bits per heavy atom. The van der Waals surface area contributed by atoms with Gasteiger partial charge < -0.3 is 18.9 Å². The first kappa shape index (κ1) is 28.8. The Bertz CT molecular complexity index is 1230. The van der Waals surface area contributed by atoms with Crippen LogP contribution in [0, 0.1) is 5.82 Å². The van der Waals surface area contributed by atoms with E-state index in [1.165, 1.54) is 43.5 Å². The molecule has 0 aliphatic carbocycles. The maximum absolute atomic E-state index is 14.7. The third-order valence-corrected chi connectivity index (χ3v) is 5.92. The fraction of sp³-hybridized carbons (Fsp3) is 0.345. The fourth-order valence-electron chi connectivity index (χ4n) is 3.82. The van der Waals surface area contributed by atoms with E-state index < -0.39 is 30.3 Å². The van der Waals surface area contributed by atoms with Gasteiger partial charge in [0.25, 0.3) is 0 Å². The van der Waals surface area contributed by atoms with Gasteiger partial charge in [-0.3, -0.25) is 4.79 Å². The van der Waals surface area contributed by atoms with Gasteiger partial charge in [0.05, 0.1) is 33.2 Å². The minimum Gasteiger partial charge on any atom is -0.497 e. The molecule has 0 unspecified atom stereocenters. The summed E-state index contributed by atoms with van der Waals surface area (Å²) >= 11 is 0. The highest BCUT2D eigenvalue weighted by Gasteiger charge is 2.42. The number of ether oxygens (including phenoxy) is 4. The molecule has 5 nitrogen and oxygen atoms in total. The third kappa shape index (κ3) is 7.63. The van der Waals surface area contributed by atoms with Crippen molar-refractivity contribution in [3.8, 4) is 28.4 Å². The molecule has 0 aromatic heterocycles. The number of hydrogen-bond donors (Lipinski definition) is 0. The fourth-order valence-corrected chi connectivity index (χ4v) is 3.82. The Morgan fingerprint density at radius 2 is 1.71 bits per heavy atom. The molecule has 38 heavy (non-hydrogen) atoms. The molecule has 0 bridgehead atoms. The molecule has 3 aromatic carbocycles. The third-order valence-electron chi connectivity index (χ3n) is 5.92. The zero-order valence-electron chi connectivity index (χ0n) is 21.4. The minimum atomic E-state index is -4.64. The highest BCUT2D eigenvalue weighted by atomic mass is 19.4. The van der Waals surface area contributed by atoms with E-state index in [0.717, 1.165) is 20.0 Å². The molecular formula is C29H30F4O5. The van der Waals surface area contributed by atoms with Gasteiger partial charge in [-0.2, -0.15) is 13.2 Å². The van der Waals surface area contributed by atoms with E-state index in [9.17, 15) is 22.4 Å². The number of rotatable bonds is 12. The monoisotopic (exact) mass is 534 g/mol. The van der Waals surface area contributed by atoms with Gasteiger partial charge in [-0.15, -0.1) is 0 Å². The van der Waals surface area contributed by atoms with Crippen LogP contribution in [-0.4, -0.2) is 33.0 Å². The molecule has 0 saturated heterocycles. The number of halogens is 4. The summed E-state index contributed by atoms with van der Waals surface area (Å²) in [6.07, 6.45) is -3.75. The molecule has 0 radical (unpaired) electrons. The molecule has 3 aromatic rings. The Hall–Kier alpha value is -3.75. The van der Waals surface area contributed by atoms with Crippen LogP contribution in [0.15, 0.2) is 60.7 Å². The first-order chi connectivity index (χ1) is 18.2. The molecule has 3 rings (SSSR count). The Balaban J connectivity index is 1.85. The number of carbonyl (C=O) groups excluding carboxylic acids is 1. The predicted octanol–water partition coefficient (Wildman–Crippen LogP) is 7.47. The second kappa shape index (κ2) is 13.2. The molecular weight excluding hydrogens is 504 g/mol. The van der Waals surface area contributed by atoms with Gasteiger partial charge in [0.1, 0.15) is 29.7 Å². The van der Waals surface area contributed by atoms with Crippen LogP contribution in [0.5, 0.6) is 17.2 Å². The summed E-state index contributed by atoms with van der Waals surface area (Å²) in [7, 11) is 2.54. The number of carbonyl (C=O) groups is 1. The smallest absolute Gasteiger partial charge is 0.396 e. The minimum absolute atomic E-state index is 0.0299. The summed E-state index contributed by atoms with van der Waals surface area (Å²) < 4.78 is 76.9. The van der Waals surface area contributed by atoms with Crippen LogP contribution in [0.25, 0.3) is 11.1 Å². The maximum Gasteiger partial charge on any atom is 0.396 e. The van der Waals surface area contributed by atoms with Crippen molar-refractivity contribution in [2.75, 3.05) is 20.8 Å². The van der Waals surface area contributed by atoms with Gasteiger partial charge in [-0.1, -0.05) is 37.6 Å². The molecule has 9 heteroatoms. The van der Waals surface area contributed by atoms with Gasteiger partial charge >= 0.3 is 12.1 Å². The largest absolute Gasteiger partial charge is 0.497 e. The molecule has 0 fully saturated rings. The van der Waals surface area contributed by atoms with Crippen molar-refractivity contribution in [3.63, 3.8) is 0 Å². The standard InChI is InChI=1S/C29H30F4O5/c1-4-5-13-37-27-14-19(9-11-23(27)24-16-21(35-2)10-12-26(24)30)18-38-22-8-6-7-20(15-22)25(29(31,32)33)17-28(34)36-3/h6-12,14-16,25H,4-5,13,17-18H2,1-3H3/t25-/m0/s1. The number of esters is 1. The van der Waals surface area contributed by atoms with E-state index in [1.54, 1.807) is 24.3 Å². The van der Waals surface area contributed by atoms with E-state index in [4.69, 9.17) is 14.2 Å². The molecule has 0 N–H and O–H groups in total. The second-order valence-corrected chi connectivity index (χ2v) is 8.61. The molecule has 0 amide bonds. The van der Waals surface area contributed by atoms with Crippen molar-refractivity contribution in [2.24, 2.45) is 0 Å². The molecule has 1 atom stereocenters. The van der Waals surface area contributed by atoms with Crippen molar-refractivity contribution < 1.29 is 41.3 Å². The lowest BCUT2D eigenvalue weighted by Crippen LogP contribution is -2.24. The number of hydrogen-bond acceptors (Lipinski definition) is 5. The summed E-state index contributed by atoms with van der Waals surface area (Å²) in [5.41, 5.74) is 1.43. The maximum atomic E-state index is 14.7. The SMILES string of the molecule is CCCCOc1cc(COc2cccc([C@H](CC(=O)OC)C(F)(F)F)c2)ccc1-c1cc(OC)ccc1F. The van der Waals surface area contributed by atoms with Gasteiger partial charge in [-0.05, 0) is 53.9 Å². The lowest BCUT2D eigenvalue weighted by molar-refractivity contribution is -0.164. The Morgan fingerprint density at radius 3 is 2.39 bits per heavy atom. The summed E-state index contributed by atoms with van der Waals surface area (Å²) in [5, 5.41) is 0. The van der Waals surface area contributed by atoms with Crippen molar-refractivity contribution in [1.29, 1.82) is 0 Å². The van der Waals surface area contributed by atoms with E-state index in [0.29, 0.717) is 34.8 Å².